The monoisotopic (exact) mass is 195 g/mol. The first kappa shape index (κ1) is 10.8. The van der Waals surface area contributed by atoms with E-state index < -0.39 is 0 Å². The summed E-state index contributed by atoms with van der Waals surface area (Å²) in [5.41, 5.74) is 1.56. The van der Waals surface area contributed by atoms with Gasteiger partial charge in [-0.1, -0.05) is 6.92 Å². The molecule has 0 bridgehead atoms. The van der Waals surface area contributed by atoms with Crippen LogP contribution in [0.5, 0.6) is 0 Å². The van der Waals surface area contributed by atoms with Gasteiger partial charge in [0.05, 0.1) is 11.8 Å². The summed E-state index contributed by atoms with van der Waals surface area (Å²) in [5.74, 6) is 0.645. The molecule has 0 saturated carbocycles. The molecule has 0 fully saturated rings. The highest BCUT2D eigenvalue weighted by molar-refractivity contribution is 5.96. The molecule has 1 aromatic heterocycles. The van der Waals surface area contributed by atoms with E-state index in [1.165, 1.54) is 0 Å². The summed E-state index contributed by atoms with van der Waals surface area (Å²) in [6, 6.07) is 0.205. The van der Waals surface area contributed by atoms with Crippen LogP contribution >= 0.6 is 0 Å². The zero-order chi connectivity index (χ0) is 10.7. The molecule has 1 N–H and O–H groups in total. The minimum Gasteiger partial charge on any atom is -0.469 e. The second kappa shape index (κ2) is 4.31. The number of carbonyl (C=O) groups is 1. The molecular formula is C11H17NO2. The maximum atomic E-state index is 11.7. The summed E-state index contributed by atoms with van der Waals surface area (Å²) in [6.07, 6.45) is 2.54. The minimum absolute atomic E-state index is 0.0388. The third-order valence-corrected chi connectivity index (χ3v) is 2.38. The predicted octanol–water partition coefficient (Wildman–Crippen LogP) is 2.42. The molecule has 0 aromatic carbocycles. The first-order chi connectivity index (χ1) is 6.56. The number of amides is 1. The summed E-state index contributed by atoms with van der Waals surface area (Å²) >= 11 is 0. The normalized spacial score (nSPS) is 12.6. The zero-order valence-electron chi connectivity index (χ0n) is 9.18. The van der Waals surface area contributed by atoms with Gasteiger partial charge in [-0.3, -0.25) is 4.79 Å². The smallest absolute Gasteiger partial charge is 0.255 e. The van der Waals surface area contributed by atoms with Crippen LogP contribution < -0.4 is 5.32 Å². The highest BCUT2D eigenvalue weighted by atomic mass is 16.3. The Morgan fingerprint density at radius 2 is 2.21 bits per heavy atom. The summed E-state index contributed by atoms with van der Waals surface area (Å²) < 4.78 is 5.17. The molecule has 0 aliphatic heterocycles. The second-order valence-corrected chi connectivity index (χ2v) is 3.63. The van der Waals surface area contributed by atoms with Crippen molar-refractivity contribution in [2.24, 2.45) is 0 Å². The maximum absolute atomic E-state index is 11.7. The van der Waals surface area contributed by atoms with Gasteiger partial charge in [-0.2, -0.15) is 0 Å². The average molecular weight is 195 g/mol. The van der Waals surface area contributed by atoms with Gasteiger partial charge < -0.3 is 9.73 Å². The van der Waals surface area contributed by atoms with Gasteiger partial charge in [0.2, 0.25) is 0 Å². The lowest BCUT2D eigenvalue weighted by Crippen LogP contribution is -2.32. The molecule has 1 atom stereocenters. The fourth-order valence-corrected chi connectivity index (χ4v) is 1.31. The average Bonchev–Trinajstić information content (AvgIpc) is 2.46. The van der Waals surface area contributed by atoms with E-state index in [1.54, 1.807) is 13.2 Å². The standard InChI is InChI=1S/C11H17NO2/c1-5-8(3)12-11(13)10-7(2)6-14-9(10)4/h6,8H,5H2,1-4H3,(H,12,13). The van der Waals surface area contributed by atoms with Crippen LogP contribution in [0.25, 0.3) is 0 Å². The van der Waals surface area contributed by atoms with Crippen LogP contribution in [0.1, 0.15) is 41.9 Å². The zero-order valence-corrected chi connectivity index (χ0v) is 9.18. The van der Waals surface area contributed by atoms with Crippen molar-refractivity contribution in [3.05, 3.63) is 23.2 Å². The number of carbonyl (C=O) groups excluding carboxylic acids is 1. The molecule has 78 valence electrons. The molecule has 0 radical (unpaired) electrons. The van der Waals surface area contributed by atoms with Crippen LogP contribution in [0.2, 0.25) is 0 Å². The molecule has 1 rings (SSSR count). The first-order valence-corrected chi connectivity index (χ1v) is 4.91. The number of nitrogens with one attached hydrogen (secondary N) is 1. The third kappa shape index (κ3) is 2.16. The van der Waals surface area contributed by atoms with E-state index in [9.17, 15) is 4.79 Å². The van der Waals surface area contributed by atoms with Crippen molar-refractivity contribution in [3.63, 3.8) is 0 Å². The lowest BCUT2D eigenvalue weighted by atomic mass is 10.1. The van der Waals surface area contributed by atoms with E-state index in [0.29, 0.717) is 11.3 Å². The van der Waals surface area contributed by atoms with Gasteiger partial charge in [-0.25, -0.2) is 0 Å². The Kier molecular flexibility index (Phi) is 3.33. The summed E-state index contributed by atoms with van der Waals surface area (Å²) in [4.78, 5) is 11.7. The van der Waals surface area contributed by atoms with Crippen molar-refractivity contribution < 1.29 is 9.21 Å². The molecule has 1 aromatic rings. The van der Waals surface area contributed by atoms with E-state index >= 15 is 0 Å². The van der Waals surface area contributed by atoms with Crippen LogP contribution in [0, 0.1) is 13.8 Å². The Balaban J connectivity index is 2.79. The third-order valence-electron chi connectivity index (χ3n) is 2.38. The van der Waals surface area contributed by atoms with Crippen molar-refractivity contribution in [2.75, 3.05) is 0 Å². The predicted molar refractivity (Wildman–Crippen MR) is 55.4 cm³/mol. The van der Waals surface area contributed by atoms with Crippen molar-refractivity contribution in [3.8, 4) is 0 Å². The van der Waals surface area contributed by atoms with Gasteiger partial charge in [0, 0.05) is 11.6 Å². The summed E-state index contributed by atoms with van der Waals surface area (Å²) in [7, 11) is 0. The van der Waals surface area contributed by atoms with Crippen LogP contribution in [-0.2, 0) is 0 Å². The molecule has 1 heterocycles. The van der Waals surface area contributed by atoms with Gasteiger partial charge in [0.15, 0.2) is 0 Å². The van der Waals surface area contributed by atoms with E-state index in [1.807, 2.05) is 20.8 Å². The SMILES string of the molecule is CCC(C)NC(=O)c1c(C)coc1C. The Morgan fingerprint density at radius 1 is 1.57 bits per heavy atom. The van der Waals surface area contributed by atoms with E-state index in [0.717, 1.165) is 12.0 Å². The van der Waals surface area contributed by atoms with Crippen molar-refractivity contribution >= 4 is 5.91 Å². The molecule has 1 unspecified atom stereocenters. The summed E-state index contributed by atoms with van der Waals surface area (Å²) in [6.45, 7) is 7.71. The molecular weight excluding hydrogens is 178 g/mol. The highest BCUT2D eigenvalue weighted by Gasteiger charge is 2.16. The molecule has 0 saturated heterocycles. The minimum atomic E-state index is -0.0388. The molecule has 1 amide bonds. The van der Waals surface area contributed by atoms with Gasteiger partial charge >= 0.3 is 0 Å². The van der Waals surface area contributed by atoms with E-state index in [-0.39, 0.29) is 11.9 Å². The summed E-state index contributed by atoms with van der Waals surface area (Å²) in [5, 5.41) is 2.91. The van der Waals surface area contributed by atoms with Crippen LogP contribution in [0.15, 0.2) is 10.7 Å². The molecule has 14 heavy (non-hydrogen) atoms. The number of hydrogen-bond acceptors (Lipinski definition) is 2. The van der Waals surface area contributed by atoms with Crippen LogP contribution in [0.3, 0.4) is 0 Å². The molecule has 0 spiro atoms. The Labute approximate surface area is 84.5 Å². The second-order valence-electron chi connectivity index (χ2n) is 3.63. The van der Waals surface area contributed by atoms with E-state index in [4.69, 9.17) is 4.42 Å². The fraction of sp³-hybridized carbons (Fsp3) is 0.545. The van der Waals surface area contributed by atoms with E-state index in [2.05, 4.69) is 5.32 Å². The molecule has 3 nitrogen and oxygen atoms in total. The van der Waals surface area contributed by atoms with Crippen molar-refractivity contribution in [2.45, 2.75) is 40.2 Å². The lowest BCUT2D eigenvalue weighted by Gasteiger charge is -2.11. The number of furan rings is 1. The van der Waals surface area contributed by atoms with Crippen molar-refractivity contribution in [1.82, 2.24) is 5.32 Å². The maximum Gasteiger partial charge on any atom is 0.255 e. The quantitative estimate of drug-likeness (QED) is 0.804. The molecule has 0 aliphatic carbocycles. The number of aryl methyl sites for hydroxylation is 2. The Hall–Kier alpha value is -1.25. The molecule has 3 heteroatoms. The lowest BCUT2D eigenvalue weighted by molar-refractivity contribution is 0.0937. The Morgan fingerprint density at radius 3 is 2.64 bits per heavy atom. The Bertz CT molecular complexity index is 309. The number of hydrogen-bond donors (Lipinski definition) is 1. The van der Waals surface area contributed by atoms with Gasteiger partial charge in [0.25, 0.3) is 5.91 Å². The van der Waals surface area contributed by atoms with Crippen molar-refractivity contribution in [1.29, 1.82) is 0 Å². The van der Waals surface area contributed by atoms with Gasteiger partial charge in [0.1, 0.15) is 5.76 Å². The topological polar surface area (TPSA) is 42.2 Å². The molecule has 0 aliphatic rings. The first-order valence-electron chi connectivity index (χ1n) is 4.91. The van der Waals surface area contributed by atoms with Gasteiger partial charge in [-0.15, -0.1) is 0 Å². The highest BCUT2D eigenvalue weighted by Crippen LogP contribution is 2.15. The van der Waals surface area contributed by atoms with Crippen LogP contribution in [-0.4, -0.2) is 11.9 Å². The largest absolute Gasteiger partial charge is 0.469 e. The fourth-order valence-electron chi connectivity index (χ4n) is 1.31. The number of rotatable bonds is 3. The van der Waals surface area contributed by atoms with Gasteiger partial charge in [-0.05, 0) is 27.2 Å². The van der Waals surface area contributed by atoms with Crippen LogP contribution in [0.4, 0.5) is 0 Å².